The number of ether oxygens (including phenoxy) is 1. The number of hydrogen-bond acceptors (Lipinski definition) is 6. The number of hydrogen-bond donors (Lipinski definition) is 0. The molecule has 0 spiro atoms. The van der Waals surface area contributed by atoms with Crippen molar-refractivity contribution in [3.05, 3.63) is 64.6 Å². The Morgan fingerprint density at radius 2 is 2.00 bits per heavy atom. The number of carbonyl (C=O) groups excluding carboxylic acids is 1. The van der Waals surface area contributed by atoms with Gasteiger partial charge in [0.05, 0.1) is 31.6 Å². The summed E-state index contributed by atoms with van der Waals surface area (Å²) in [6.07, 6.45) is 2.59. The third kappa shape index (κ3) is 4.25. The number of nitrogens with zero attached hydrogens (tertiary/aromatic N) is 6. The van der Waals surface area contributed by atoms with Gasteiger partial charge in [0, 0.05) is 24.0 Å². The molecule has 8 nitrogen and oxygen atoms in total. The molecular weight excluding hydrogens is 447 g/mol. The summed E-state index contributed by atoms with van der Waals surface area (Å²) in [5, 5.41) is 9.61. The van der Waals surface area contributed by atoms with E-state index in [0.717, 1.165) is 48.8 Å². The topological polar surface area (TPSA) is 76.4 Å². The highest BCUT2D eigenvalue weighted by Crippen LogP contribution is 2.34. The summed E-state index contributed by atoms with van der Waals surface area (Å²) in [6, 6.07) is 8.83. The van der Waals surface area contributed by atoms with Crippen LogP contribution in [0.3, 0.4) is 0 Å². The van der Waals surface area contributed by atoms with Crippen LogP contribution in [-0.2, 0) is 17.8 Å². The van der Waals surface area contributed by atoms with E-state index in [4.69, 9.17) is 16.3 Å². The molecule has 10 heteroatoms. The monoisotopic (exact) mass is 470 g/mol. The van der Waals surface area contributed by atoms with Gasteiger partial charge in [-0.25, -0.2) is 14.2 Å². The molecule has 0 saturated carbocycles. The molecule has 1 amide bonds. The number of pyridine rings is 1. The van der Waals surface area contributed by atoms with Crippen molar-refractivity contribution in [2.24, 2.45) is 0 Å². The Balaban J connectivity index is 1.44. The first kappa shape index (κ1) is 21.6. The second-order valence-electron chi connectivity index (χ2n) is 8.23. The average molecular weight is 471 g/mol. The number of fused-ring (bicyclic) bond motifs is 3. The van der Waals surface area contributed by atoms with E-state index in [9.17, 15) is 9.18 Å². The normalized spacial score (nSPS) is 16.2. The molecule has 5 rings (SSSR count). The minimum absolute atomic E-state index is 0.195. The van der Waals surface area contributed by atoms with Crippen LogP contribution in [0.5, 0.6) is 0 Å². The molecule has 172 valence electrons. The summed E-state index contributed by atoms with van der Waals surface area (Å²) in [4.78, 5) is 20.5. The van der Waals surface area contributed by atoms with Crippen molar-refractivity contribution in [2.45, 2.75) is 38.8 Å². The average Bonchev–Trinajstić information content (AvgIpc) is 3.15. The number of anilines is 1. The molecule has 1 fully saturated rings. The summed E-state index contributed by atoms with van der Waals surface area (Å²) >= 11 is 6.28. The van der Waals surface area contributed by atoms with Crippen molar-refractivity contribution in [1.29, 1.82) is 0 Å². The fourth-order valence-electron chi connectivity index (χ4n) is 4.56. The molecule has 33 heavy (non-hydrogen) atoms. The number of aromatic nitrogens is 4. The van der Waals surface area contributed by atoms with Crippen LogP contribution in [0.25, 0.3) is 5.69 Å². The quantitative estimate of drug-likeness (QED) is 0.567. The Labute approximate surface area is 195 Å². The van der Waals surface area contributed by atoms with Gasteiger partial charge >= 0.3 is 6.09 Å². The SMILES string of the molecule is CCOC(=O)N1Cc2cc(Cl)ccc2-n2c(nnc2C2CCN(c3ccc(F)cn3)CC2)C1. The molecule has 2 aromatic heterocycles. The number of piperidine rings is 1. The van der Waals surface area contributed by atoms with E-state index in [1.54, 1.807) is 17.9 Å². The number of halogens is 2. The zero-order valence-corrected chi connectivity index (χ0v) is 19.0. The number of carbonyl (C=O) groups is 1. The molecule has 0 aliphatic carbocycles. The van der Waals surface area contributed by atoms with Crippen LogP contribution in [0.2, 0.25) is 5.02 Å². The van der Waals surface area contributed by atoms with Gasteiger partial charge in [0.2, 0.25) is 0 Å². The van der Waals surface area contributed by atoms with E-state index >= 15 is 0 Å². The van der Waals surface area contributed by atoms with Gasteiger partial charge in [0.1, 0.15) is 17.5 Å². The predicted octanol–water partition coefficient (Wildman–Crippen LogP) is 4.31. The van der Waals surface area contributed by atoms with E-state index in [-0.39, 0.29) is 17.8 Å². The Hall–Kier alpha value is -3.20. The summed E-state index contributed by atoms with van der Waals surface area (Å²) in [5.74, 6) is 2.21. The Morgan fingerprint density at radius 3 is 2.73 bits per heavy atom. The first-order valence-corrected chi connectivity index (χ1v) is 11.4. The Kier molecular flexibility index (Phi) is 5.88. The summed E-state index contributed by atoms with van der Waals surface area (Å²) in [6.45, 7) is 4.34. The first-order chi connectivity index (χ1) is 16.0. The van der Waals surface area contributed by atoms with Gasteiger partial charge < -0.3 is 9.64 Å². The molecule has 1 aromatic carbocycles. The van der Waals surface area contributed by atoms with E-state index in [0.29, 0.717) is 30.5 Å². The lowest BCUT2D eigenvalue weighted by Crippen LogP contribution is -2.34. The van der Waals surface area contributed by atoms with Crippen LogP contribution < -0.4 is 4.90 Å². The van der Waals surface area contributed by atoms with E-state index in [1.807, 2.05) is 18.2 Å². The number of rotatable bonds is 3. The molecule has 0 N–H and O–H groups in total. The maximum Gasteiger partial charge on any atom is 0.410 e. The van der Waals surface area contributed by atoms with Crippen LogP contribution >= 0.6 is 11.6 Å². The molecule has 2 aliphatic rings. The van der Waals surface area contributed by atoms with Crippen molar-refractivity contribution in [2.75, 3.05) is 24.6 Å². The zero-order valence-electron chi connectivity index (χ0n) is 18.2. The van der Waals surface area contributed by atoms with Crippen LogP contribution in [0.1, 0.15) is 42.9 Å². The lowest BCUT2D eigenvalue weighted by Gasteiger charge is -2.32. The van der Waals surface area contributed by atoms with Gasteiger partial charge in [-0.3, -0.25) is 9.47 Å². The number of benzene rings is 1. The van der Waals surface area contributed by atoms with E-state index in [1.165, 1.54) is 12.3 Å². The third-order valence-corrected chi connectivity index (χ3v) is 6.39. The van der Waals surface area contributed by atoms with Gasteiger partial charge in [-0.15, -0.1) is 10.2 Å². The molecule has 0 atom stereocenters. The fourth-order valence-corrected chi connectivity index (χ4v) is 4.75. The van der Waals surface area contributed by atoms with Gasteiger partial charge in [0.25, 0.3) is 0 Å². The minimum atomic E-state index is -0.387. The largest absolute Gasteiger partial charge is 0.450 e. The molecule has 0 unspecified atom stereocenters. The highest BCUT2D eigenvalue weighted by Gasteiger charge is 2.31. The van der Waals surface area contributed by atoms with Crippen molar-refractivity contribution < 1.29 is 13.9 Å². The zero-order chi connectivity index (χ0) is 22.9. The van der Waals surface area contributed by atoms with Gasteiger partial charge in [-0.05, 0) is 55.7 Å². The van der Waals surface area contributed by atoms with Crippen molar-refractivity contribution in [1.82, 2.24) is 24.6 Å². The molecule has 3 aromatic rings. The van der Waals surface area contributed by atoms with Crippen molar-refractivity contribution in [3.8, 4) is 5.69 Å². The maximum atomic E-state index is 13.2. The third-order valence-electron chi connectivity index (χ3n) is 6.15. The standard InChI is InChI=1S/C23H24ClFN6O2/c1-2-33-23(32)30-13-16-11-17(24)3-5-19(16)31-21(14-30)27-28-22(31)15-7-9-29(10-8-15)20-6-4-18(25)12-26-20/h3-6,11-12,15H,2,7-10,13-14H2,1H3. The molecule has 4 heterocycles. The van der Waals surface area contributed by atoms with Gasteiger partial charge in [-0.1, -0.05) is 11.6 Å². The van der Waals surface area contributed by atoms with Crippen molar-refractivity contribution in [3.63, 3.8) is 0 Å². The predicted molar refractivity (Wildman–Crippen MR) is 121 cm³/mol. The highest BCUT2D eigenvalue weighted by molar-refractivity contribution is 6.30. The second-order valence-corrected chi connectivity index (χ2v) is 8.67. The van der Waals surface area contributed by atoms with Gasteiger partial charge in [-0.2, -0.15) is 0 Å². The highest BCUT2D eigenvalue weighted by atomic mass is 35.5. The summed E-state index contributed by atoms with van der Waals surface area (Å²) < 4.78 is 20.5. The Morgan fingerprint density at radius 1 is 1.18 bits per heavy atom. The Bertz CT molecular complexity index is 1160. The van der Waals surface area contributed by atoms with Crippen LogP contribution in [0.15, 0.2) is 36.5 Å². The minimum Gasteiger partial charge on any atom is -0.450 e. The van der Waals surface area contributed by atoms with Crippen LogP contribution in [0, 0.1) is 5.82 Å². The van der Waals surface area contributed by atoms with Crippen molar-refractivity contribution >= 4 is 23.5 Å². The molecule has 1 saturated heterocycles. The van der Waals surface area contributed by atoms with E-state index < -0.39 is 0 Å². The molecule has 0 radical (unpaired) electrons. The molecular formula is C23H24ClFN6O2. The van der Waals surface area contributed by atoms with Crippen LogP contribution in [0.4, 0.5) is 15.0 Å². The lowest BCUT2D eigenvalue weighted by molar-refractivity contribution is 0.101. The first-order valence-electron chi connectivity index (χ1n) is 11.0. The molecule has 2 aliphatic heterocycles. The fraction of sp³-hybridized carbons (Fsp3) is 0.391. The maximum absolute atomic E-state index is 13.2. The lowest BCUT2D eigenvalue weighted by atomic mass is 9.95. The smallest absolute Gasteiger partial charge is 0.410 e. The van der Waals surface area contributed by atoms with Gasteiger partial charge in [0.15, 0.2) is 5.82 Å². The van der Waals surface area contributed by atoms with E-state index in [2.05, 4.69) is 24.6 Å². The second kappa shape index (κ2) is 8.97. The molecule has 0 bridgehead atoms. The number of amides is 1. The van der Waals surface area contributed by atoms with Crippen LogP contribution in [-0.4, -0.2) is 50.4 Å². The summed E-state index contributed by atoms with van der Waals surface area (Å²) in [5.41, 5.74) is 1.85. The summed E-state index contributed by atoms with van der Waals surface area (Å²) in [7, 11) is 0.